The molecule has 0 bridgehead atoms. The lowest BCUT2D eigenvalue weighted by atomic mass is 9.35. The van der Waals surface area contributed by atoms with Crippen LogP contribution in [0.2, 0.25) is 0 Å². The largest absolute Gasteiger partial charge is 0.396 e. The van der Waals surface area contributed by atoms with Crippen molar-refractivity contribution in [3.8, 4) is 0 Å². The molecular formula is C48H78O18. The van der Waals surface area contributed by atoms with Crippen molar-refractivity contribution in [3.63, 3.8) is 0 Å². The molecule has 12 N–H and O–H groups in total. The van der Waals surface area contributed by atoms with Gasteiger partial charge in [0.15, 0.2) is 18.9 Å². The Balaban J connectivity index is 1.06. The summed E-state index contributed by atoms with van der Waals surface area (Å²) in [7, 11) is 0. The second kappa shape index (κ2) is 18.1. The van der Waals surface area contributed by atoms with E-state index in [9.17, 15) is 61.3 Å². The monoisotopic (exact) mass is 943 g/mol. The lowest BCUT2D eigenvalue weighted by molar-refractivity contribution is -0.374. The summed E-state index contributed by atoms with van der Waals surface area (Å²) in [6, 6.07) is 0. The molecule has 0 amide bonds. The fourth-order valence-corrected chi connectivity index (χ4v) is 14.4. The molecule has 8 aliphatic rings. The summed E-state index contributed by atoms with van der Waals surface area (Å²) in [6.45, 7) is 13.3. The van der Waals surface area contributed by atoms with E-state index < -0.39 is 128 Å². The Hall–Kier alpha value is -1.24. The predicted molar refractivity (Wildman–Crippen MR) is 231 cm³/mol. The van der Waals surface area contributed by atoms with Crippen molar-refractivity contribution in [3.05, 3.63) is 23.3 Å². The molecule has 24 atom stereocenters. The van der Waals surface area contributed by atoms with E-state index in [0.717, 1.165) is 32.1 Å². The number of aliphatic hydroxyl groups is 12. The van der Waals surface area contributed by atoms with Crippen molar-refractivity contribution < 1.29 is 89.7 Å². The molecule has 0 aromatic heterocycles. The van der Waals surface area contributed by atoms with Gasteiger partial charge in [-0.2, -0.15) is 0 Å². The third-order valence-corrected chi connectivity index (χ3v) is 18.9. The lowest BCUT2D eigenvalue weighted by Gasteiger charge is -2.70. The Bertz CT molecular complexity index is 1810. The summed E-state index contributed by atoms with van der Waals surface area (Å²) >= 11 is 0. The smallest absolute Gasteiger partial charge is 0.187 e. The Labute approximate surface area is 387 Å². The van der Waals surface area contributed by atoms with E-state index in [-0.39, 0.29) is 46.7 Å². The van der Waals surface area contributed by atoms with Gasteiger partial charge in [-0.1, -0.05) is 59.3 Å². The summed E-state index contributed by atoms with van der Waals surface area (Å²) in [5, 5.41) is 131. The maximum Gasteiger partial charge on any atom is 0.187 e. The zero-order chi connectivity index (χ0) is 48.3. The van der Waals surface area contributed by atoms with Crippen molar-refractivity contribution >= 4 is 0 Å². The molecule has 8 rings (SSSR count). The molecule has 66 heavy (non-hydrogen) atoms. The number of hydrogen-bond acceptors (Lipinski definition) is 18. The van der Waals surface area contributed by atoms with Crippen molar-refractivity contribution in [2.45, 2.75) is 204 Å². The summed E-state index contributed by atoms with van der Waals surface area (Å²) in [5.74, 6) is -0.0380. The van der Waals surface area contributed by atoms with Gasteiger partial charge >= 0.3 is 0 Å². The molecule has 378 valence electrons. The van der Waals surface area contributed by atoms with Crippen LogP contribution in [0.1, 0.15) is 99.8 Å². The van der Waals surface area contributed by atoms with Gasteiger partial charge < -0.3 is 89.7 Å². The van der Waals surface area contributed by atoms with E-state index >= 15 is 0 Å². The van der Waals surface area contributed by atoms with Gasteiger partial charge in [0.1, 0.15) is 67.1 Å². The summed E-state index contributed by atoms with van der Waals surface area (Å²) in [5.41, 5.74) is -0.0774. The Morgan fingerprint density at radius 2 is 1.29 bits per heavy atom. The molecule has 3 heterocycles. The van der Waals surface area contributed by atoms with E-state index in [2.05, 4.69) is 46.8 Å². The molecule has 0 aromatic carbocycles. The number of hydrogen-bond donors (Lipinski definition) is 12. The van der Waals surface area contributed by atoms with Crippen molar-refractivity contribution in [2.75, 3.05) is 26.4 Å². The van der Waals surface area contributed by atoms with Gasteiger partial charge in [-0.3, -0.25) is 0 Å². The van der Waals surface area contributed by atoms with Crippen molar-refractivity contribution in [2.24, 2.45) is 44.3 Å². The average molecular weight is 943 g/mol. The zero-order valence-corrected chi connectivity index (χ0v) is 39.4. The first-order valence-corrected chi connectivity index (χ1v) is 24.1. The fourth-order valence-electron chi connectivity index (χ4n) is 14.4. The Morgan fingerprint density at radius 3 is 1.95 bits per heavy atom. The average Bonchev–Trinajstić information content (AvgIpc) is 3.27. The number of ether oxygens (including phenoxy) is 6. The second-order valence-electron chi connectivity index (χ2n) is 23.1. The maximum atomic E-state index is 12.1. The highest BCUT2D eigenvalue weighted by molar-refractivity contribution is 5.47. The van der Waals surface area contributed by atoms with Gasteiger partial charge in [-0.25, -0.2) is 0 Å². The van der Waals surface area contributed by atoms with E-state index in [1.165, 1.54) is 18.1 Å². The van der Waals surface area contributed by atoms with E-state index in [1.54, 1.807) is 0 Å². The maximum absolute atomic E-state index is 12.1. The highest BCUT2D eigenvalue weighted by Gasteiger charge is 2.69. The quantitative estimate of drug-likeness (QED) is 0.123. The minimum absolute atomic E-state index is 0.0333. The van der Waals surface area contributed by atoms with Crippen LogP contribution in [0.3, 0.4) is 0 Å². The van der Waals surface area contributed by atoms with Gasteiger partial charge in [-0.15, -0.1) is 0 Å². The van der Waals surface area contributed by atoms with Crippen LogP contribution < -0.4 is 0 Å². The highest BCUT2D eigenvalue weighted by atomic mass is 16.8. The molecule has 3 saturated carbocycles. The molecule has 3 aliphatic heterocycles. The highest BCUT2D eigenvalue weighted by Crippen LogP contribution is 2.74. The van der Waals surface area contributed by atoms with Crippen LogP contribution in [0.25, 0.3) is 0 Å². The third kappa shape index (κ3) is 7.84. The van der Waals surface area contributed by atoms with Crippen LogP contribution in [0.15, 0.2) is 23.3 Å². The standard InChI is InChI=1S/C48H78O18/c1-22-31(53)33(55)37(59)41(62-22)66-39-26(19-61-40-36(58)34(56)32(54)25(18-49)63-40)64-42(38(60)35(39)57)65-30-11-12-44(4)27(45(30,5)20-50)10-13-46(6)28(44)9-8-23-24-16-43(2,3)14-15-48(24,21-51)29(52)17-47(23,46)7/h8-9,22,25-42,49-60H,10-21H2,1-7H3/t22-,25+,26+,27?,28?,29?,30?,31-,32+,33+,34-,35+,36+,37+,38+,39+,40+,41-,42-,44?,45?,46?,47?,48?/m0/s1. The Morgan fingerprint density at radius 1 is 0.652 bits per heavy atom. The minimum Gasteiger partial charge on any atom is -0.396 e. The second-order valence-corrected chi connectivity index (χ2v) is 23.1. The normalized spacial score (nSPS) is 54.8. The zero-order valence-electron chi connectivity index (χ0n) is 39.4. The molecule has 18 nitrogen and oxygen atoms in total. The van der Waals surface area contributed by atoms with Crippen LogP contribution in [0.5, 0.6) is 0 Å². The molecule has 6 fully saturated rings. The first kappa shape index (κ1) is 51.1. The molecule has 9 unspecified atom stereocenters. The first-order chi connectivity index (χ1) is 30.9. The third-order valence-electron chi connectivity index (χ3n) is 18.9. The van der Waals surface area contributed by atoms with Crippen LogP contribution in [0, 0.1) is 44.3 Å². The molecular weight excluding hydrogens is 865 g/mol. The predicted octanol–water partition coefficient (Wildman–Crippen LogP) is -0.495. The number of aliphatic hydroxyl groups excluding tert-OH is 12. The summed E-state index contributed by atoms with van der Waals surface area (Å²) in [6.07, 6.45) is -14.9. The van der Waals surface area contributed by atoms with Gasteiger partial charge in [0, 0.05) is 16.2 Å². The van der Waals surface area contributed by atoms with Crippen molar-refractivity contribution in [1.82, 2.24) is 0 Å². The number of rotatable bonds is 10. The minimum atomic E-state index is -1.81. The summed E-state index contributed by atoms with van der Waals surface area (Å²) in [4.78, 5) is 0. The van der Waals surface area contributed by atoms with Crippen LogP contribution >= 0.6 is 0 Å². The van der Waals surface area contributed by atoms with Gasteiger partial charge in [0.25, 0.3) is 0 Å². The van der Waals surface area contributed by atoms with Crippen LogP contribution in [0.4, 0.5) is 0 Å². The number of fused-ring (bicyclic) bond motifs is 6. The summed E-state index contributed by atoms with van der Waals surface area (Å²) < 4.78 is 36.1. The molecule has 18 heteroatoms. The van der Waals surface area contributed by atoms with Crippen LogP contribution in [-0.4, -0.2) is 192 Å². The lowest BCUT2D eigenvalue weighted by Crippen LogP contribution is -2.67. The van der Waals surface area contributed by atoms with E-state index in [1.807, 2.05) is 6.92 Å². The molecule has 0 spiro atoms. The van der Waals surface area contributed by atoms with Crippen LogP contribution in [-0.2, 0) is 28.4 Å². The first-order valence-electron chi connectivity index (χ1n) is 24.1. The molecule has 5 aliphatic carbocycles. The molecule has 0 aromatic rings. The number of allylic oxidation sites excluding steroid dienone is 3. The van der Waals surface area contributed by atoms with Crippen molar-refractivity contribution in [1.29, 1.82) is 0 Å². The molecule has 3 saturated heterocycles. The molecule has 0 radical (unpaired) electrons. The Kier molecular flexibility index (Phi) is 14.0. The SMILES string of the molecule is C[C@@H]1O[C@@H](O[C@H]2[C@H](O)[C@@H](O)[C@H](OC3CCC4(C)C(CCC5(C)C4C=CC4=C6CC(C)(C)CCC6(CO)C(O)CC45C)C3(C)CO)O[C@@H]2CO[C@@H]2O[C@H](CO)[C@@H](O)[C@H](O)[C@H]2O)[C@H](O)[C@H](O)[C@H]1O. The van der Waals surface area contributed by atoms with E-state index in [0.29, 0.717) is 19.3 Å². The topological polar surface area (TPSA) is 298 Å². The van der Waals surface area contributed by atoms with E-state index in [4.69, 9.17) is 28.4 Å². The van der Waals surface area contributed by atoms with Gasteiger partial charge in [-0.05, 0) is 91.9 Å². The fraction of sp³-hybridized carbons (Fsp3) is 0.917. The van der Waals surface area contributed by atoms with Gasteiger partial charge in [0.05, 0.1) is 44.7 Å². The van der Waals surface area contributed by atoms with Gasteiger partial charge in [0.2, 0.25) is 0 Å².